The van der Waals surface area contributed by atoms with E-state index in [0.29, 0.717) is 13.1 Å². The second-order valence-electron chi connectivity index (χ2n) is 5.45. The summed E-state index contributed by atoms with van der Waals surface area (Å²) in [7, 11) is 0. The number of hydrogen-bond donors (Lipinski definition) is 1. The van der Waals surface area contributed by atoms with E-state index >= 15 is 0 Å². The normalized spacial score (nSPS) is 30.8. The van der Waals surface area contributed by atoms with Crippen LogP contribution in [0.1, 0.15) is 33.1 Å². The number of carbonyl (C=O) groups excluding carboxylic acids is 2. The van der Waals surface area contributed by atoms with Gasteiger partial charge in [0, 0.05) is 6.54 Å². The van der Waals surface area contributed by atoms with Crippen molar-refractivity contribution in [2.45, 2.75) is 33.1 Å². The van der Waals surface area contributed by atoms with Crippen LogP contribution in [0.3, 0.4) is 0 Å². The Labute approximate surface area is 96.2 Å². The molecule has 0 bridgehead atoms. The van der Waals surface area contributed by atoms with Crippen molar-refractivity contribution < 1.29 is 9.59 Å². The first-order valence-electron chi connectivity index (χ1n) is 6.07. The van der Waals surface area contributed by atoms with Gasteiger partial charge in [0.05, 0.1) is 11.8 Å². The van der Waals surface area contributed by atoms with Crippen LogP contribution in [-0.2, 0) is 9.59 Å². The van der Waals surface area contributed by atoms with E-state index in [1.807, 2.05) is 13.8 Å². The molecule has 0 radical (unpaired) electrons. The highest BCUT2D eigenvalue weighted by Gasteiger charge is 2.72. The fourth-order valence-corrected chi connectivity index (χ4v) is 2.82. The lowest BCUT2D eigenvalue weighted by atomic mass is 10.1. The topological polar surface area (TPSA) is 63.4 Å². The first kappa shape index (κ1) is 11.6. The number of carbonyl (C=O) groups is 2. The number of likely N-dealkylation sites (tertiary alicyclic amines) is 1. The van der Waals surface area contributed by atoms with E-state index in [4.69, 9.17) is 5.73 Å². The Kier molecular flexibility index (Phi) is 2.78. The third kappa shape index (κ3) is 1.56. The maximum Gasteiger partial charge on any atom is 0.233 e. The van der Waals surface area contributed by atoms with Crippen molar-refractivity contribution in [1.82, 2.24) is 4.90 Å². The first-order valence-corrected chi connectivity index (χ1v) is 6.07. The van der Waals surface area contributed by atoms with Crippen molar-refractivity contribution in [3.8, 4) is 0 Å². The second kappa shape index (κ2) is 3.84. The van der Waals surface area contributed by atoms with Crippen LogP contribution in [0.5, 0.6) is 0 Å². The predicted molar refractivity (Wildman–Crippen MR) is 60.4 cm³/mol. The molecule has 2 N–H and O–H groups in total. The molecule has 1 saturated heterocycles. The van der Waals surface area contributed by atoms with E-state index in [-0.39, 0.29) is 29.1 Å². The molecule has 1 aliphatic heterocycles. The first-order chi connectivity index (χ1) is 7.51. The van der Waals surface area contributed by atoms with Crippen LogP contribution in [-0.4, -0.2) is 29.8 Å². The number of nitrogens with zero attached hydrogens (tertiary/aromatic N) is 1. The molecule has 0 aromatic carbocycles. The van der Waals surface area contributed by atoms with Crippen molar-refractivity contribution in [1.29, 1.82) is 0 Å². The summed E-state index contributed by atoms with van der Waals surface area (Å²) in [6.07, 6.45) is 2.84. The van der Waals surface area contributed by atoms with Crippen LogP contribution >= 0.6 is 0 Å². The van der Waals surface area contributed by atoms with Gasteiger partial charge in [0.25, 0.3) is 0 Å². The van der Waals surface area contributed by atoms with E-state index in [0.717, 1.165) is 19.3 Å². The number of hydrogen-bond acceptors (Lipinski definition) is 3. The number of amides is 2. The summed E-state index contributed by atoms with van der Waals surface area (Å²) in [6.45, 7) is 5.27. The van der Waals surface area contributed by atoms with Crippen molar-refractivity contribution >= 4 is 11.8 Å². The van der Waals surface area contributed by atoms with Gasteiger partial charge in [-0.05, 0) is 24.8 Å². The summed E-state index contributed by atoms with van der Waals surface area (Å²) < 4.78 is 0. The Morgan fingerprint density at radius 2 is 1.69 bits per heavy atom. The Hall–Kier alpha value is -0.900. The SMILES string of the molecule is CC1(C)C2C(=O)N(CCCCCN)C(=O)C21. The third-order valence-corrected chi connectivity index (χ3v) is 3.98. The molecule has 2 rings (SSSR count). The smallest absolute Gasteiger partial charge is 0.233 e. The average Bonchev–Trinajstić information content (AvgIpc) is 2.68. The minimum Gasteiger partial charge on any atom is -0.330 e. The molecule has 2 atom stereocenters. The fourth-order valence-electron chi connectivity index (χ4n) is 2.82. The summed E-state index contributed by atoms with van der Waals surface area (Å²) in [5, 5.41) is 0. The molecule has 2 fully saturated rings. The zero-order chi connectivity index (χ0) is 11.9. The van der Waals surface area contributed by atoms with Gasteiger partial charge in [0.2, 0.25) is 11.8 Å². The lowest BCUT2D eigenvalue weighted by Gasteiger charge is -2.20. The number of fused-ring (bicyclic) bond motifs is 1. The summed E-state index contributed by atoms with van der Waals surface area (Å²) in [5.41, 5.74) is 5.31. The van der Waals surface area contributed by atoms with Crippen molar-refractivity contribution in [3.05, 3.63) is 0 Å². The molecule has 90 valence electrons. The van der Waals surface area contributed by atoms with Gasteiger partial charge in [0.1, 0.15) is 0 Å². The van der Waals surface area contributed by atoms with Crippen molar-refractivity contribution in [2.75, 3.05) is 13.1 Å². The molecule has 4 heteroatoms. The maximum absolute atomic E-state index is 11.9. The van der Waals surface area contributed by atoms with Crippen LogP contribution < -0.4 is 5.73 Å². The largest absolute Gasteiger partial charge is 0.330 e. The maximum atomic E-state index is 11.9. The molecular weight excluding hydrogens is 204 g/mol. The highest BCUT2D eigenvalue weighted by atomic mass is 16.2. The van der Waals surface area contributed by atoms with Gasteiger partial charge in [-0.3, -0.25) is 14.5 Å². The molecule has 0 spiro atoms. The van der Waals surface area contributed by atoms with Crippen molar-refractivity contribution in [2.24, 2.45) is 23.0 Å². The van der Waals surface area contributed by atoms with Crippen LogP contribution in [0, 0.1) is 17.3 Å². The molecule has 16 heavy (non-hydrogen) atoms. The molecule has 2 amide bonds. The van der Waals surface area contributed by atoms with Gasteiger partial charge in [-0.15, -0.1) is 0 Å². The van der Waals surface area contributed by atoms with E-state index in [1.54, 1.807) is 0 Å². The average molecular weight is 224 g/mol. The fraction of sp³-hybridized carbons (Fsp3) is 0.833. The molecular formula is C12H20N2O2. The Morgan fingerprint density at radius 1 is 1.12 bits per heavy atom. The zero-order valence-electron chi connectivity index (χ0n) is 10.0. The molecule has 0 aromatic rings. The number of unbranched alkanes of at least 4 members (excludes halogenated alkanes) is 2. The number of nitrogens with two attached hydrogens (primary N) is 1. The predicted octanol–water partition coefficient (Wildman–Crippen LogP) is 0.756. The van der Waals surface area contributed by atoms with Gasteiger partial charge in [-0.25, -0.2) is 0 Å². The molecule has 1 saturated carbocycles. The number of imide groups is 1. The lowest BCUT2D eigenvalue weighted by Crippen LogP contribution is -2.36. The Morgan fingerprint density at radius 3 is 2.19 bits per heavy atom. The van der Waals surface area contributed by atoms with Crippen LogP contribution in [0.4, 0.5) is 0 Å². The third-order valence-electron chi connectivity index (χ3n) is 3.98. The van der Waals surface area contributed by atoms with E-state index < -0.39 is 0 Å². The van der Waals surface area contributed by atoms with Crippen LogP contribution in [0.2, 0.25) is 0 Å². The standard InChI is InChI=1S/C12H20N2O2/c1-12(2)8-9(12)11(16)14(10(8)15)7-5-3-4-6-13/h8-9H,3-7,13H2,1-2H3. The van der Waals surface area contributed by atoms with Crippen LogP contribution in [0.15, 0.2) is 0 Å². The minimum absolute atomic E-state index is 0.0329. The molecule has 4 nitrogen and oxygen atoms in total. The molecule has 2 unspecified atom stereocenters. The van der Waals surface area contributed by atoms with Gasteiger partial charge in [0.15, 0.2) is 0 Å². The van der Waals surface area contributed by atoms with Crippen LogP contribution in [0.25, 0.3) is 0 Å². The van der Waals surface area contributed by atoms with Gasteiger partial charge in [-0.2, -0.15) is 0 Å². The van der Waals surface area contributed by atoms with E-state index in [1.165, 1.54) is 4.90 Å². The second-order valence-corrected chi connectivity index (χ2v) is 5.45. The van der Waals surface area contributed by atoms with Gasteiger partial charge in [-0.1, -0.05) is 20.3 Å². The quantitative estimate of drug-likeness (QED) is 0.554. The lowest BCUT2D eigenvalue weighted by molar-refractivity contribution is -0.143. The summed E-state index contributed by atoms with van der Waals surface area (Å²) in [4.78, 5) is 25.3. The molecule has 1 aliphatic carbocycles. The van der Waals surface area contributed by atoms with Crippen molar-refractivity contribution in [3.63, 3.8) is 0 Å². The van der Waals surface area contributed by atoms with Gasteiger partial charge < -0.3 is 5.73 Å². The highest BCUT2D eigenvalue weighted by molar-refractivity contribution is 6.10. The molecule has 1 heterocycles. The number of rotatable bonds is 5. The number of piperidine rings is 1. The van der Waals surface area contributed by atoms with E-state index in [9.17, 15) is 9.59 Å². The zero-order valence-corrected chi connectivity index (χ0v) is 10.0. The van der Waals surface area contributed by atoms with E-state index in [2.05, 4.69) is 0 Å². The monoisotopic (exact) mass is 224 g/mol. The minimum atomic E-state index is -0.0814. The van der Waals surface area contributed by atoms with Gasteiger partial charge >= 0.3 is 0 Å². The highest BCUT2D eigenvalue weighted by Crippen LogP contribution is 2.63. The summed E-state index contributed by atoms with van der Waals surface area (Å²) in [6, 6.07) is 0. The molecule has 2 aliphatic rings. The molecule has 0 aromatic heterocycles. The summed E-state index contributed by atoms with van der Waals surface area (Å²) >= 11 is 0. The Bertz CT molecular complexity index is 301. The Balaban J connectivity index is 1.86. The summed E-state index contributed by atoms with van der Waals surface area (Å²) in [5.74, 6) is 0.0320.